The van der Waals surface area contributed by atoms with Crippen molar-refractivity contribution >= 4 is 17.7 Å². The fourth-order valence-corrected chi connectivity index (χ4v) is 2.71. The lowest BCUT2D eigenvalue weighted by Crippen LogP contribution is -2.43. The molecule has 1 aliphatic heterocycles. The van der Waals surface area contributed by atoms with E-state index in [1.165, 1.54) is 34.1 Å². The van der Waals surface area contributed by atoms with Crippen LogP contribution in [0.15, 0.2) is 24.5 Å². The first-order valence-electron chi connectivity index (χ1n) is 7.44. The monoisotopic (exact) mass is 357 g/mol. The van der Waals surface area contributed by atoms with E-state index in [2.05, 4.69) is 10.2 Å². The zero-order valence-electron chi connectivity index (χ0n) is 12.8. The van der Waals surface area contributed by atoms with Crippen molar-refractivity contribution in [2.75, 3.05) is 11.4 Å². The molecule has 1 atom stereocenters. The number of halogens is 3. The number of hydrogen-bond donors (Lipinski definition) is 1. The number of carbonyl (C=O) groups is 2. The molecule has 11 heteroatoms. The average Bonchev–Trinajstić information content (AvgIpc) is 3.19. The number of carboxylic acids is 1. The zero-order valence-corrected chi connectivity index (χ0v) is 12.8. The van der Waals surface area contributed by atoms with Crippen molar-refractivity contribution in [3.05, 3.63) is 30.2 Å². The van der Waals surface area contributed by atoms with E-state index in [0.717, 1.165) is 4.68 Å². The fraction of sp³-hybridized carbons (Fsp3) is 0.429. The highest BCUT2D eigenvalue weighted by Gasteiger charge is 2.46. The number of anilines is 1. The van der Waals surface area contributed by atoms with Gasteiger partial charge in [-0.1, -0.05) is 0 Å². The number of aryl methyl sites for hydroxylation is 1. The molecule has 0 aromatic carbocycles. The van der Waals surface area contributed by atoms with Crippen molar-refractivity contribution in [3.8, 4) is 0 Å². The van der Waals surface area contributed by atoms with Crippen LogP contribution >= 0.6 is 0 Å². The van der Waals surface area contributed by atoms with Gasteiger partial charge in [0.15, 0.2) is 11.7 Å². The molecule has 1 unspecified atom stereocenters. The molecule has 25 heavy (non-hydrogen) atoms. The van der Waals surface area contributed by atoms with Gasteiger partial charge in [-0.25, -0.2) is 4.68 Å². The van der Waals surface area contributed by atoms with E-state index < -0.39 is 24.1 Å². The summed E-state index contributed by atoms with van der Waals surface area (Å²) in [6.07, 6.45) is -2.24. The van der Waals surface area contributed by atoms with Crippen LogP contribution < -0.4 is 4.90 Å². The first-order chi connectivity index (χ1) is 11.8. The summed E-state index contributed by atoms with van der Waals surface area (Å²) in [6.45, 7) is -0.0205. The van der Waals surface area contributed by atoms with Crippen LogP contribution in [0.25, 0.3) is 0 Å². The molecule has 0 radical (unpaired) electrons. The lowest BCUT2D eigenvalue weighted by atomic mass is 10.1. The summed E-state index contributed by atoms with van der Waals surface area (Å²) in [6, 6.07) is 0.979. The predicted octanol–water partition coefficient (Wildman–Crippen LogP) is 1.71. The van der Waals surface area contributed by atoms with E-state index in [-0.39, 0.29) is 37.4 Å². The topological polar surface area (TPSA) is 93.2 Å². The maximum absolute atomic E-state index is 13.1. The van der Waals surface area contributed by atoms with Crippen molar-refractivity contribution in [2.24, 2.45) is 0 Å². The molecule has 3 rings (SSSR count). The van der Waals surface area contributed by atoms with Gasteiger partial charge in [0.2, 0.25) is 0 Å². The molecule has 8 nitrogen and oxygen atoms in total. The summed E-state index contributed by atoms with van der Waals surface area (Å²) in [7, 11) is 0. The SMILES string of the molecule is O=C(O)CCn1ccc(C(=O)N2CCC(C(F)(F)F)n3nccc32)n1. The normalized spacial score (nSPS) is 17.4. The average molecular weight is 357 g/mol. The van der Waals surface area contributed by atoms with Gasteiger partial charge in [0.25, 0.3) is 5.91 Å². The molecule has 1 N–H and O–H groups in total. The van der Waals surface area contributed by atoms with Crippen molar-refractivity contribution in [3.63, 3.8) is 0 Å². The van der Waals surface area contributed by atoms with Crippen molar-refractivity contribution in [2.45, 2.75) is 31.6 Å². The molecule has 0 fully saturated rings. The Kier molecular flexibility index (Phi) is 4.23. The maximum atomic E-state index is 13.1. The Balaban J connectivity index is 1.80. The van der Waals surface area contributed by atoms with Gasteiger partial charge in [-0.05, 0) is 12.5 Å². The van der Waals surface area contributed by atoms with E-state index in [4.69, 9.17) is 5.11 Å². The summed E-state index contributed by atoms with van der Waals surface area (Å²) in [4.78, 5) is 24.3. The number of alkyl halides is 3. The second-order valence-electron chi connectivity index (χ2n) is 5.54. The largest absolute Gasteiger partial charge is 0.481 e. The molecule has 0 saturated heterocycles. The molecule has 2 aromatic heterocycles. The van der Waals surface area contributed by atoms with E-state index in [1.54, 1.807) is 0 Å². The number of carbonyl (C=O) groups excluding carboxylic acids is 1. The highest BCUT2D eigenvalue weighted by Crippen LogP contribution is 2.39. The minimum atomic E-state index is -4.45. The van der Waals surface area contributed by atoms with Gasteiger partial charge in [0, 0.05) is 18.8 Å². The Morgan fingerprint density at radius 3 is 2.76 bits per heavy atom. The maximum Gasteiger partial charge on any atom is 0.410 e. The van der Waals surface area contributed by atoms with Crippen LogP contribution in [0.3, 0.4) is 0 Å². The van der Waals surface area contributed by atoms with Crippen LogP contribution in [0.5, 0.6) is 0 Å². The quantitative estimate of drug-likeness (QED) is 0.899. The number of amides is 1. The third-order valence-electron chi connectivity index (χ3n) is 3.88. The van der Waals surface area contributed by atoms with Crippen LogP contribution in [0, 0.1) is 0 Å². The number of fused-ring (bicyclic) bond motifs is 1. The Hall–Kier alpha value is -2.85. The van der Waals surface area contributed by atoms with E-state index >= 15 is 0 Å². The van der Waals surface area contributed by atoms with Gasteiger partial charge in [-0.3, -0.25) is 19.2 Å². The highest BCUT2D eigenvalue weighted by molar-refractivity contribution is 6.04. The molecular formula is C14H14F3N5O3. The van der Waals surface area contributed by atoms with Crippen LogP contribution in [-0.2, 0) is 11.3 Å². The molecule has 0 bridgehead atoms. The fourth-order valence-electron chi connectivity index (χ4n) is 2.71. The summed E-state index contributed by atoms with van der Waals surface area (Å²) in [5, 5.41) is 16.3. The number of carboxylic acid groups (broad SMARTS) is 1. The standard InChI is InChI=1S/C14H14F3N5O3/c15-14(16,17)10-3-8-21(11-1-5-18-22(10)11)13(25)9-2-6-20(19-9)7-4-12(23)24/h1-2,5-6,10H,3-4,7-8H2,(H,23,24). The van der Waals surface area contributed by atoms with Gasteiger partial charge in [0.1, 0.15) is 5.82 Å². The molecule has 0 spiro atoms. The van der Waals surface area contributed by atoms with E-state index in [9.17, 15) is 22.8 Å². The van der Waals surface area contributed by atoms with Gasteiger partial charge >= 0.3 is 12.1 Å². The highest BCUT2D eigenvalue weighted by atomic mass is 19.4. The van der Waals surface area contributed by atoms with Gasteiger partial charge < -0.3 is 5.11 Å². The van der Waals surface area contributed by atoms with E-state index in [0.29, 0.717) is 0 Å². The van der Waals surface area contributed by atoms with Crippen LogP contribution in [0.2, 0.25) is 0 Å². The number of aliphatic carboxylic acids is 1. The van der Waals surface area contributed by atoms with Crippen molar-refractivity contribution in [1.82, 2.24) is 19.6 Å². The van der Waals surface area contributed by atoms with Crippen LogP contribution in [0.4, 0.5) is 19.0 Å². The van der Waals surface area contributed by atoms with Gasteiger partial charge in [-0.15, -0.1) is 0 Å². The summed E-state index contributed by atoms with van der Waals surface area (Å²) in [5.41, 5.74) is 0.0311. The Morgan fingerprint density at radius 1 is 1.32 bits per heavy atom. The second kappa shape index (κ2) is 6.22. The number of nitrogens with zero attached hydrogens (tertiary/aromatic N) is 5. The first kappa shape index (κ1) is 17.0. The van der Waals surface area contributed by atoms with Gasteiger partial charge in [-0.2, -0.15) is 23.4 Å². The molecular weight excluding hydrogens is 343 g/mol. The minimum absolute atomic E-state index is 0.0311. The summed E-state index contributed by atoms with van der Waals surface area (Å²) in [5.74, 6) is -1.50. The minimum Gasteiger partial charge on any atom is -0.481 e. The van der Waals surface area contributed by atoms with Crippen LogP contribution in [-0.4, -0.2) is 49.3 Å². The Morgan fingerprint density at radius 2 is 2.08 bits per heavy atom. The number of hydrogen-bond acceptors (Lipinski definition) is 4. The van der Waals surface area contributed by atoms with Crippen molar-refractivity contribution < 1.29 is 27.9 Å². The smallest absolute Gasteiger partial charge is 0.410 e. The first-order valence-corrected chi connectivity index (χ1v) is 7.44. The molecule has 0 aliphatic carbocycles. The number of aromatic nitrogens is 4. The molecule has 2 aromatic rings. The predicted molar refractivity (Wildman–Crippen MR) is 78.1 cm³/mol. The van der Waals surface area contributed by atoms with E-state index in [1.807, 2.05) is 0 Å². The molecule has 0 saturated carbocycles. The zero-order chi connectivity index (χ0) is 18.2. The summed E-state index contributed by atoms with van der Waals surface area (Å²) >= 11 is 0. The molecule has 1 aliphatic rings. The third-order valence-corrected chi connectivity index (χ3v) is 3.88. The van der Waals surface area contributed by atoms with Crippen molar-refractivity contribution in [1.29, 1.82) is 0 Å². The van der Waals surface area contributed by atoms with Crippen LogP contribution in [0.1, 0.15) is 29.4 Å². The Labute approximate surface area is 139 Å². The number of rotatable bonds is 4. The lowest BCUT2D eigenvalue weighted by molar-refractivity contribution is -0.172. The Bertz CT molecular complexity index is 798. The molecule has 3 heterocycles. The molecule has 1 amide bonds. The second-order valence-corrected chi connectivity index (χ2v) is 5.54. The third kappa shape index (κ3) is 3.35. The van der Waals surface area contributed by atoms with Gasteiger partial charge in [0.05, 0.1) is 19.2 Å². The lowest BCUT2D eigenvalue weighted by Gasteiger charge is -2.33. The molecule has 134 valence electrons. The summed E-state index contributed by atoms with van der Waals surface area (Å²) < 4.78 is 41.3.